The molecule has 0 aromatic heterocycles. The molecule has 0 radical (unpaired) electrons. The van der Waals surface area contributed by atoms with Crippen molar-refractivity contribution < 1.29 is 22.7 Å². The zero-order chi connectivity index (χ0) is 18.4. The van der Waals surface area contributed by atoms with Crippen molar-refractivity contribution in [2.45, 2.75) is 24.3 Å². The molecule has 0 spiro atoms. The molecular weight excluding hydrogens is 342 g/mol. The molecule has 25 heavy (non-hydrogen) atoms. The van der Waals surface area contributed by atoms with E-state index < -0.39 is 26.7 Å². The first-order chi connectivity index (χ1) is 11.8. The minimum atomic E-state index is -3.67. The van der Waals surface area contributed by atoms with Crippen molar-refractivity contribution in [2.75, 3.05) is 12.9 Å². The summed E-state index contributed by atoms with van der Waals surface area (Å²) in [4.78, 5) is 26.8. The molecule has 6 nitrogen and oxygen atoms in total. The molecule has 1 fully saturated rings. The Balaban J connectivity index is 2.12. The number of allylic oxidation sites excluding steroid dienone is 1. The molecule has 132 valence electrons. The van der Waals surface area contributed by atoms with E-state index in [0.717, 1.165) is 4.90 Å². The van der Waals surface area contributed by atoms with Crippen LogP contribution >= 0.6 is 0 Å². The molecule has 1 amide bonds. The number of carbonyl (C=O) groups excluding carboxylic acids is 2. The number of sulfone groups is 1. The number of rotatable bonds is 5. The number of methoxy groups -OCH3 is 1. The van der Waals surface area contributed by atoms with Crippen molar-refractivity contribution in [1.82, 2.24) is 4.90 Å². The van der Waals surface area contributed by atoms with Crippen LogP contribution in [0.25, 0.3) is 0 Å². The summed E-state index contributed by atoms with van der Waals surface area (Å²) in [5.74, 6) is -1.17. The number of carbonyl (C=O) groups is 2. The van der Waals surface area contributed by atoms with Gasteiger partial charge in [-0.25, -0.2) is 8.42 Å². The summed E-state index contributed by atoms with van der Waals surface area (Å²) in [6.07, 6.45) is 1.52. The predicted octanol–water partition coefficient (Wildman–Crippen LogP) is 1.70. The molecule has 2 atom stereocenters. The maximum absolute atomic E-state index is 12.9. The smallest absolute Gasteiger partial charge is 0.264 e. The van der Waals surface area contributed by atoms with E-state index in [1.807, 2.05) is 0 Å². The van der Waals surface area contributed by atoms with Crippen molar-refractivity contribution in [3.63, 3.8) is 0 Å². The van der Waals surface area contributed by atoms with E-state index >= 15 is 0 Å². The third kappa shape index (κ3) is 2.38. The zero-order valence-electron chi connectivity index (χ0n) is 14.1. The van der Waals surface area contributed by atoms with Crippen LogP contribution < -0.4 is 0 Å². The summed E-state index contributed by atoms with van der Waals surface area (Å²) in [6.45, 7) is 5.15. The second-order valence-corrected chi connectivity index (χ2v) is 8.31. The standard InChI is InChI=1S/C18H19NO5S/c1-4-10-18(24-3)16(21)19-14(12(2)11-25(22,23)17(18)19)15(20)13-8-6-5-7-9-13/h4-9,17H,1,10-11H2,2-3H3/t17-,18-/m1/s1. The molecular formula is C18H19NO5S. The Morgan fingerprint density at radius 1 is 1.40 bits per heavy atom. The van der Waals surface area contributed by atoms with Crippen LogP contribution in [-0.2, 0) is 19.4 Å². The van der Waals surface area contributed by atoms with E-state index in [-0.39, 0.29) is 23.7 Å². The highest BCUT2D eigenvalue weighted by molar-refractivity contribution is 7.92. The lowest BCUT2D eigenvalue weighted by Gasteiger charge is -2.55. The van der Waals surface area contributed by atoms with Gasteiger partial charge >= 0.3 is 0 Å². The van der Waals surface area contributed by atoms with Crippen LogP contribution in [0.4, 0.5) is 0 Å². The Labute approximate surface area is 146 Å². The molecule has 0 aliphatic carbocycles. The maximum Gasteiger partial charge on any atom is 0.264 e. The van der Waals surface area contributed by atoms with Crippen LogP contribution in [0.1, 0.15) is 23.7 Å². The van der Waals surface area contributed by atoms with Crippen LogP contribution in [0.3, 0.4) is 0 Å². The third-order valence-corrected chi connectivity index (χ3v) is 6.79. The number of ether oxygens (including phenoxy) is 1. The monoisotopic (exact) mass is 361 g/mol. The number of fused-ring (bicyclic) bond motifs is 1. The fourth-order valence-corrected chi connectivity index (χ4v) is 5.88. The number of hydrogen-bond donors (Lipinski definition) is 0. The maximum atomic E-state index is 12.9. The Bertz CT molecular complexity index is 887. The van der Waals surface area contributed by atoms with Crippen LogP contribution in [0, 0.1) is 0 Å². The second kappa shape index (κ2) is 5.93. The van der Waals surface area contributed by atoms with E-state index in [1.165, 1.54) is 13.2 Å². The number of nitrogens with zero attached hydrogens (tertiary/aromatic N) is 1. The average Bonchev–Trinajstić information content (AvgIpc) is 2.58. The summed E-state index contributed by atoms with van der Waals surface area (Å²) < 4.78 is 30.7. The van der Waals surface area contributed by atoms with Crippen LogP contribution in [0.5, 0.6) is 0 Å². The lowest BCUT2D eigenvalue weighted by molar-refractivity contribution is -0.181. The summed E-state index contributed by atoms with van der Waals surface area (Å²) in [5, 5.41) is -1.21. The molecule has 0 N–H and O–H groups in total. The molecule has 1 aromatic carbocycles. The Morgan fingerprint density at radius 3 is 2.60 bits per heavy atom. The van der Waals surface area contributed by atoms with Gasteiger partial charge in [-0.05, 0) is 12.5 Å². The van der Waals surface area contributed by atoms with E-state index in [1.54, 1.807) is 37.3 Å². The van der Waals surface area contributed by atoms with E-state index in [2.05, 4.69) is 6.58 Å². The molecule has 2 aliphatic rings. The van der Waals surface area contributed by atoms with Gasteiger partial charge in [0.15, 0.2) is 20.8 Å². The molecule has 0 saturated carbocycles. The van der Waals surface area contributed by atoms with E-state index in [0.29, 0.717) is 11.1 Å². The van der Waals surface area contributed by atoms with Crippen molar-refractivity contribution in [3.05, 3.63) is 59.8 Å². The third-order valence-electron chi connectivity index (χ3n) is 4.68. The van der Waals surface area contributed by atoms with Crippen molar-refractivity contribution in [3.8, 4) is 0 Å². The molecule has 3 rings (SSSR count). The van der Waals surface area contributed by atoms with Gasteiger partial charge in [0.2, 0.25) is 5.78 Å². The van der Waals surface area contributed by atoms with Crippen molar-refractivity contribution >= 4 is 21.5 Å². The number of ketones is 1. The molecule has 0 unspecified atom stereocenters. The summed E-state index contributed by atoms with van der Waals surface area (Å²) in [5.41, 5.74) is -0.611. The van der Waals surface area contributed by atoms with E-state index in [4.69, 9.17) is 4.74 Å². The minimum Gasteiger partial charge on any atom is -0.365 e. The van der Waals surface area contributed by atoms with Gasteiger partial charge in [0.25, 0.3) is 5.91 Å². The van der Waals surface area contributed by atoms with Gasteiger partial charge in [-0.1, -0.05) is 36.4 Å². The second-order valence-electron chi connectivity index (χ2n) is 6.25. The normalized spacial score (nSPS) is 27.5. The summed E-state index contributed by atoms with van der Waals surface area (Å²) in [7, 11) is -2.37. The lowest BCUT2D eigenvalue weighted by atomic mass is 9.85. The average molecular weight is 361 g/mol. The van der Waals surface area contributed by atoms with Gasteiger partial charge in [0, 0.05) is 19.1 Å². The number of Topliss-reactive ketones (excluding diaryl/α,β-unsaturated/α-hetero) is 1. The minimum absolute atomic E-state index is 0.0641. The largest absolute Gasteiger partial charge is 0.365 e. The number of amides is 1. The van der Waals surface area contributed by atoms with Crippen LogP contribution in [0.15, 0.2) is 54.3 Å². The zero-order valence-corrected chi connectivity index (χ0v) is 14.9. The SMILES string of the molecule is C=CC[C@@]1(OC)C(=O)N2C(C(=O)c3ccccc3)=C(C)CS(=O)(=O)[C@@H]21. The van der Waals surface area contributed by atoms with Gasteiger partial charge in [0.1, 0.15) is 0 Å². The molecule has 1 aromatic rings. The number of hydrogen-bond acceptors (Lipinski definition) is 5. The van der Waals surface area contributed by atoms with Gasteiger partial charge in [-0.3, -0.25) is 14.5 Å². The van der Waals surface area contributed by atoms with Gasteiger partial charge in [-0.15, -0.1) is 6.58 Å². The summed E-state index contributed by atoms with van der Waals surface area (Å²) >= 11 is 0. The summed E-state index contributed by atoms with van der Waals surface area (Å²) in [6, 6.07) is 8.49. The van der Waals surface area contributed by atoms with Gasteiger partial charge in [0.05, 0.1) is 11.4 Å². The Morgan fingerprint density at radius 2 is 2.04 bits per heavy atom. The molecule has 2 aliphatic heterocycles. The molecule has 0 bridgehead atoms. The van der Waals surface area contributed by atoms with Gasteiger partial charge in [-0.2, -0.15) is 0 Å². The molecule has 2 heterocycles. The molecule has 7 heteroatoms. The predicted molar refractivity (Wildman–Crippen MR) is 92.4 cm³/mol. The first-order valence-electron chi connectivity index (χ1n) is 7.81. The quantitative estimate of drug-likeness (QED) is 0.453. The van der Waals surface area contributed by atoms with Crippen LogP contribution in [0.2, 0.25) is 0 Å². The Kier molecular flexibility index (Phi) is 4.17. The first kappa shape index (κ1) is 17.6. The van der Waals surface area contributed by atoms with Crippen LogP contribution in [-0.4, -0.2) is 48.8 Å². The van der Waals surface area contributed by atoms with Gasteiger partial charge < -0.3 is 4.74 Å². The first-order valence-corrected chi connectivity index (χ1v) is 9.52. The topological polar surface area (TPSA) is 80.8 Å². The fraction of sp³-hybridized carbons (Fsp3) is 0.333. The molecule has 1 saturated heterocycles. The highest BCUT2D eigenvalue weighted by Crippen LogP contribution is 2.47. The highest BCUT2D eigenvalue weighted by atomic mass is 32.2. The van der Waals surface area contributed by atoms with Crippen molar-refractivity contribution in [2.24, 2.45) is 0 Å². The van der Waals surface area contributed by atoms with Crippen molar-refractivity contribution in [1.29, 1.82) is 0 Å². The highest BCUT2D eigenvalue weighted by Gasteiger charge is 2.69. The number of benzene rings is 1. The fourth-order valence-electron chi connectivity index (χ4n) is 3.59. The van der Waals surface area contributed by atoms with E-state index in [9.17, 15) is 18.0 Å². The lowest BCUT2D eigenvalue weighted by Crippen LogP contribution is -2.78. The number of β-lactam (4-membered cyclic amide) rings is 1. The Hall–Kier alpha value is -2.25.